The summed E-state index contributed by atoms with van der Waals surface area (Å²) in [6.45, 7) is 3.45. The van der Waals surface area contributed by atoms with Gasteiger partial charge in [-0.2, -0.15) is 0 Å². The first-order chi connectivity index (χ1) is 13.0. The Balaban J connectivity index is 1.75. The second-order valence-corrected chi connectivity index (χ2v) is 7.44. The Labute approximate surface area is 162 Å². The van der Waals surface area contributed by atoms with Crippen LogP contribution in [0.1, 0.15) is 29.7 Å². The second-order valence-electron chi connectivity index (χ2n) is 6.61. The molecule has 2 heterocycles. The fraction of sp³-hybridized carbons (Fsp3) is 0.190. The van der Waals surface area contributed by atoms with Crippen LogP contribution in [-0.2, 0) is 9.59 Å². The predicted molar refractivity (Wildman–Crippen MR) is 108 cm³/mol. The number of nitrogens with one attached hydrogen (secondary N) is 1. The molecule has 2 aliphatic rings. The average Bonchev–Trinajstić information content (AvgIpc) is 3.09. The number of hydrogen-bond acceptors (Lipinski definition) is 4. The normalized spacial score (nSPS) is 21.4. The van der Waals surface area contributed by atoms with Crippen molar-refractivity contribution in [1.82, 2.24) is 10.2 Å². The van der Waals surface area contributed by atoms with E-state index in [0.29, 0.717) is 5.17 Å². The molecule has 0 fully saturated rings. The van der Waals surface area contributed by atoms with E-state index >= 15 is 0 Å². The van der Waals surface area contributed by atoms with Crippen LogP contribution in [0, 0.1) is 6.92 Å². The number of amides is 2. The lowest BCUT2D eigenvalue weighted by molar-refractivity contribution is -0.132. The van der Waals surface area contributed by atoms with E-state index in [1.165, 1.54) is 18.7 Å². The van der Waals surface area contributed by atoms with Crippen LogP contribution in [0.4, 0.5) is 0 Å². The molecule has 0 aromatic heterocycles. The lowest BCUT2D eigenvalue weighted by atomic mass is 9.96. The first-order valence-corrected chi connectivity index (χ1v) is 9.60. The SMILES string of the molecule is CC(=O)N[C@@H]1C(=O)N2C(c3ccc(C)cc3)=CSC2=N[C@@H]1c1ccccc1. The molecular weight excluding hydrogens is 358 g/mol. The van der Waals surface area contributed by atoms with Crippen molar-refractivity contribution in [2.45, 2.75) is 25.9 Å². The van der Waals surface area contributed by atoms with Gasteiger partial charge in [-0.15, -0.1) is 0 Å². The molecular formula is C21H19N3O2S. The van der Waals surface area contributed by atoms with Crippen LogP contribution in [0.2, 0.25) is 0 Å². The largest absolute Gasteiger partial charge is 0.342 e. The molecule has 0 spiro atoms. The molecule has 0 unspecified atom stereocenters. The van der Waals surface area contributed by atoms with E-state index in [4.69, 9.17) is 4.99 Å². The molecule has 4 rings (SSSR count). The van der Waals surface area contributed by atoms with Crippen molar-refractivity contribution in [1.29, 1.82) is 0 Å². The van der Waals surface area contributed by atoms with E-state index in [1.54, 1.807) is 4.90 Å². The fourth-order valence-electron chi connectivity index (χ4n) is 3.28. The van der Waals surface area contributed by atoms with Crippen molar-refractivity contribution in [3.8, 4) is 0 Å². The Bertz CT molecular complexity index is 951. The van der Waals surface area contributed by atoms with Gasteiger partial charge in [-0.05, 0) is 18.1 Å². The summed E-state index contributed by atoms with van der Waals surface area (Å²) in [5.41, 5.74) is 3.81. The minimum atomic E-state index is -0.735. The summed E-state index contributed by atoms with van der Waals surface area (Å²) in [5, 5.41) is 5.39. The summed E-state index contributed by atoms with van der Waals surface area (Å²) in [6, 6.07) is 16.5. The maximum absolute atomic E-state index is 13.4. The number of thioether (sulfide) groups is 1. The van der Waals surface area contributed by atoms with Crippen molar-refractivity contribution < 1.29 is 9.59 Å². The standard InChI is InChI=1S/C21H19N3O2S/c1-13-8-10-15(11-9-13)17-12-27-21-23-18(16-6-4-3-5-7-16)19(22-14(2)25)20(26)24(17)21/h3-12,18-19H,1-2H3,(H,22,25)/t18-,19+/m1/s1. The molecule has 0 radical (unpaired) electrons. The Morgan fingerprint density at radius 1 is 1.11 bits per heavy atom. The van der Waals surface area contributed by atoms with Crippen molar-refractivity contribution >= 4 is 34.4 Å². The molecule has 2 atom stereocenters. The molecule has 2 amide bonds. The smallest absolute Gasteiger partial charge is 0.258 e. The Kier molecular flexibility index (Phi) is 4.58. The van der Waals surface area contributed by atoms with Gasteiger partial charge in [0.2, 0.25) is 5.91 Å². The zero-order chi connectivity index (χ0) is 19.0. The van der Waals surface area contributed by atoms with E-state index in [2.05, 4.69) is 5.32 Å². The summed E-state index contributed by atoms with van der Waals surface area (Å²) in [5.74, 6) is -0.415. The fourth-order valence-corrected chi connectivity index (χ4v) is 4.21. The van der Waals surface area contributed by atoms with Gasteiger partial charge >= 0.3 is 0 Å². The third kappa shape index (κ3) is 3.28. The minimum absolute atomic E-state index is 0.166. The molecule has 2 aromatic rings. The van der Waals surface area contributed by atoms with Crippen LogP contribution < -0.4 is 5.32 Å². The Hall–Kier alpha value is -2.86. The van der Waals surface area contributed by atoms with Crippen LogP contribution >= 0.6 is 11.8 Å². The highest BCUT2D eigenvalue weighted by molar-refractivity contribution is 8.16. The summed E-state index contributed by atoms with van der Waals surface area (Å²) < 4.78 is 0. The number of amidine groups is 1. The van der Waals surface area contributed by atoms with Gasteiger partial charge in [0.15, 0.2) is 5.17 Å². The van der Waals surface area contributed by atoms with Crippen LogP contribution in [0.25, 0.3) is 5.70 Å². The van der Waals surface area contributed by atoms with Crippen LogP contribution in [0.3, 0.4) is 0 Å². The van der Waals surface area contributed by atoms with Crippen LogP contribution in [-0.4, -0.2) is 27.9 Å². The molecule has 2 aromatic carbocycles. The molecule has 0 saturated carbocycles. The molecule has 27 heavy (non-hydrogen) atoms. The van der Waals surface area contributed by atoms with Crippen LogP contribution in [0.5, 0.6) is 0 Å². The van der Waals surface area contributed by atoms with Crippen molar-refractivity contribution in [3.05, 3.63) is 76.7 Å². The molecule has 1 N–H and O–H groups in total. The van der Waals surface area contributed by atoms with Gasteiger partial charge in [0, 0.05) is 12.3 Å². The quantitative estimate of drug-likeness (QED) is 0.891. The number of carbonyl (C=O) groups excluding carboxylic acids is 2. The molecule has 136 valence electrons. The van der Waals surface area contributed by atoms with Crippen molar-refractivity contribution in [2.75, 3.05) is 0 Å². The zero-order valence-corrected chi connectivity index (χ0v) is 15.9. The number of aryl methyl sites for hydroxylation is 1. The lowest BCUT2D eigenvalue weighted by Gasteiger charge is -2.34. The number of aliphatic imine (C=N–C) groups is 1. The summed E-state index contributed by atoms with van der Waals surface area (Å²) in [4.78, 5) is 31.5. The highest BCUT2D eigenvalue weighted by atomic mass is 32.2. The number of fused-ring (bicyclic) bond motifs is 1. The zero-order valence-electron chi connectivity index (χ0n) is 15.0. The van der Waals surface area contributed by atoms with Gasteiger partial charge in [0.25, 0.3) is 5.91 Å². The summed E-state index contributed by atoms with van der Waals surface area (Å²) >= 11 is 1.44. The number of benzene rings is 2. The van der Waals surface area contributed by atoms with Gasteiger partial charge in [0.05, 0.1) is 5.70 Å². The van der Waals surface area contributed by atoms with Gasteiger partial charge in [-0.3, -0.25) is 19.5 Å². The number of carbonyl (C=O) groups is 2. The monoisotopic (exact) mass is 377 g/mol. The van der Waals surface area contributed by atoms with Crippen molar-refractivity contribution in [3.63, 3.8) is 0 Å². The third-order valence-corrected chi connectivity index (χ3v) is 5.45. The van der Waals surface area contributed by atoms with Gasteiger partial charge in [0.1, 0.15) is 12.1 Å². The number of nitrogens with zero attached hydrogens (tertiary/aromatic N) is 2. The molecule has 6 heteroatoms. The van der Waals surface area contributed by atoms with E-state index in [9.17, 15) is 9.59 Å². The van der Waals surface area contributed by atoms with Gasteiger partial charge < -0.3 is 5.32 Å². The van der Waals surface area contributed by atoms with Crippen LogP contribution in [0.15, 0.2) is 65.0 Å². The molecule has 0 bridgehead atoms. The van der Waals surface area contributed by atoms with E-state index in [-0.39, 0.29) is 11.8 Å². The maximum atomic E-state index is 13.4. The molecule has 2 aliphatic heterocycles. The first-order valence-electron chi connectivity index (χ1n) is 8.72. The maximum Gasteiger partial charge on any atom is 0.258 e. The van der Waals surface area contributed by atoms with E-state index < -0.39 is 12.1 Å². The molecule has 5 nitrogen and oxygen atoms in total. The number of hydrogen-bond donors (Lipinski definition) is 1. The van der Waals surface area contributed by atoms with E-state index in [0.717, 1.165) is 22.4 Å². The lowest BCUT2D eigenvalue weighted by Crippen LogP contribution is -2.53. The average molecular weight is 377 g/mol. The topological polar surface area (TPSA) is 61.8 Å². The van der Waals surface area contributed by atoms with Gasteiger partial charge in [-0.25, -0.2) is 0 Å². The third-order valence-electron chi connectivity index (χ3n) is 4.61. The molecule has 0 saturated heterocycles. The first kappa shape index (κ1) is 17.5. The predicted octanol–water partition coefficient (Wildman–Crippen LogP) is 3.48. The van der Waals surface area contributed by atoms with Crippen molar-refractivity contribution in [2.24, 2.45) is 4.99 Å². The Morgan fingerprint density at radius 3 is 2.48 bits per heavy atom. The number of rotatable bonds is 3. The second kappa shape index (κ2) is 7.04. The minimum Gasteiger partial charge on any atom is -0.342 e. The highest BCUT2D eigenvalue weighted by Crippen LogP contribution is 2.40. The Morgan fingerprint density at radius 2 is 1.81 bits per heavy atom. The summed E-state index contributed by atoms with van der Waals surface area (Å²) in [7, 11) is 0. The molecule has 0 aliphatic carbocycles. The summed E-state index contributed by atoms with van der Waals surface area (Å²) in [6.07, 6.45) is 0. The highest BCUT2D eigenvalue weighted by Gasteiger charge is 2.43. The van der Waals surface area contributed by atoms with Gasteiger partial charge in [-0.1, -0.05) is 71.9 Å². The van der Waals surface area contributed by atoms with E-state index in [1.807, 2.05) is 66.9 Å².